The highest BCUT2D eigenvalue weighted by atomic mass is 16.5. The SMILES string of the molecule is COc1ccc2c(N3CCC(CN4CCCC4)C3)ccnc2c1. The molecule has 2 fully saturated rings. The van der Waals surface area contributed by atoms with Crippen molar-refractivity contribution in [3.8, 4) is 5.75 Å². The van der Waals surface area contributed by atoms with Crippen molar-refractivity contribution in [1.82, 2.24) is 9.88 Å². The molecule has 23 heavy (non-hydrogen) atoms. The molecule has 1 aromatic heterocycles. The van der Waals surface area contributed by atoms with Crippen LogP contribution in [-0.2, 0) is 0 Å². The zero-order valence-electron chi connectivity index (χ0n) is 13.9. The van der Waals surface area contributed by atoms with Crippen LogP contribution in [0.4, 0.5) is 5.69 Å². The molecule has 4 heteroatoms. The van der Waals surface area contributed by atoms with Crippen molar-refractivity contribution in [3.63, 3.8) is 0 Å². The number of anilines is 1. The van der Waals surface area contributed by atoms with E-state index in [4.69, 9.17) is 4.74 Å². The van der Waals surface area contributed by atoms with E-state index in [0.717, 1.165) is 23.7 Å². The third-order valence-electron chi connectivity index (χ3n) is 5.27. The molecule has 2 aromatic rings. The highest BCUT2D eigenvalue weighted by Gasteiger charge is 2.26. The van der Waals surface area contributed by atoms with Crippen LogP contribution in [0.5, 0.6) is 5.75 Å². The number of aromatic nitrogens is 1. The lowest BCUT2D eigenvalue weighted by Crippen LogP contribution is -2.29. The number of rotatable bonds is 4. The first-order chi connectivity index (χ1) is 11.3. The maximum atomic E-state index is 5.32. The fourth-order valence-corrected chi connectivity index (χ4v) is 4.05. The van der Waals surface area contributed by atoms with Crippen LogP contribution in [-0.4, -0.2) is 49.7 Å². The molecule has 0 saturated carbocycles. The van der Waals surface area contributed by atoms with E-state index < -0.39 is 0 Å². The number of hydrogen-bond donors (Lipinski definition) is 0. The fourth-order valence-electron chi connectivity index (χ4n) is 4.05. The van der Waals surface area contributed by atoms with Crippen molar-refractivity contribution >= 4 is 16.6 Å². The van der Waals surface area contributed by atoms with Gasteiger partial charge in [0.15, 0.2) is 0 Å². The van der Waals surface area contributed by atoms with Crippen LogP contribution in [0.25, 0.3) is 10.9 Å². The lowest BCUT2D eigenvalue weighted by molar-refractivity contribution is 0.289. The molecule has 2 saturated heterocycles. The van der Waals surface area contributed by atoms with E-state index in [0.29, 0.717) is 0 Å². The Labute approximate surface area is 138 Å². The molecule has 122 valence electrons. The molecule has 0 spiro atoms. The number of likely N-dealkylation sites (tertiary alicyclic amines) is 1. The molecule has 4 rings (SSSR count). The standard InChI is InChI=1S/C19H25N3O/c1-23-16-4-5-17-18(12-16)20-8-6-19(17)22-11-7-15(14-22)13-21-9-2-3-10-21/h4-6,8,12,15H,2-3,7,9-11,13-14H2,1H3. The summed E-state index contributed by atoms with van der Waals surface area (Å²) in [6.45, 7) is 6.20. The summed E-state index contributed by atoms with van der Waals surface area (Å²) >= 11 is 0. The van der Waals surface area contributed by atoms with Crippen LogP contribution in [0.2, 0.25) is 0 Å². The zero-order valence-corrected chi connectivity index (χ0v) is 13.9. The fraction of sp³-hybridized carbons (Fsp3) is 0.526. The van der Waals surface area contributed by atoms with E-state index >= 15 is 0 Å². The van der Waals surface area contributed by atoms with Gasteiger partial charge < -0.3 is 14.5 Å². The van der Waals surface area contributed by atoms with Crippen molar-refractivity contribution in [3.05, 3.63) is 30.5 Å². The quantitative estimate of drug-likeness (QED) is 0.867. The van der Waals surface area contributed by atoms with Crippen molar-refractivity contribution in [1.29, 1.82) is 0 Å². The van der Waals surface area contributed by atoms with Crippen LogP contribution in [0, 0.1) is 5.92 Å². The first-order valence-corrected chi connectivity index (χ1v) is 8.73. The first kappa shape index (κ1) is 14.8. The lowest BCUT2D eigenvalue weighted by Gasteiger charge is -2.22. The highest BCUT2D eigenvalue weighted by Crippen LogP contribution is 2.32. The topological polar surface area (TPSA) is 28.6 Å². The molecule has 4 nitrogen and oxygen atoms in total. The third-order valence-corrected chi connectivity index (χ3v) is 5.27. The normalized spacial score (nSPS) is 22.1. The van der Waals surface area contributed by atoms with Gasteiger partial charge in [-0.15, -0.1) is 0 Å². The number of fused-ring (bicyclic) bond motifs is 1. The first-order valence-electron chi connectivity index (χ1n) is 8.73. The summed E-state index contributed by atoms with van der Waals surface area (Å²) in [4.78, 5) is 9.69. The van der Waals surface area contributed by atoms with Crippen molar-refractivity contribution in [2.24, 2.45) is 5.92 Å². The van der Waals surface area contributed by atoms with Crippen LogP contribution in [0.3, 0.4) is 0 Å². The van der Waals surface area contributed by atoms with Gasteiger partial charge in [-0.25, -0.2) is 0 Å². The summed E-state index contributed by atoms with van der Waals surface area (Å²) in [6.07, 6.45) is 5.99. The lowest BCUT2D eigenvalue weighted by atomic mass is 10.1. The molecule has 1 aromatic carbocycles. The molecule has 0 aliphatic carbocycles. The van der Waals surface area contributed by atoms with Gasteiger partial charge in [-0.2, -0.15) is 0 Å². The van der Waals surface area contributed by atoms with Crippen molar-refractivity contribution < 1.29 is 4.74 Å². The maximum absolute atomic E-state index is 5.32. The number of methoxy groups -OCH3 is 1. The summed E-state index contributed by atoms with van der Waals surface area (Å²) in [5.41, 5.74) is 2.34. The Morgan fingerprint density at radius 1 is 1.17 bits per heavy atom. The Hall–Kier alpha value is -1.81. The van der Waals surface area contributed by atoms with Gasteiger partial charge in [0, 0.05) is 43.0 Å². The number of nitrogens with zero attached hydrogens (tertiary/aromatic N) is 3. The predicted molar refractivity (Wildman–Crippen MR) is 94.3 cm³/mol. The second kappa shape index (κ2) is 6.36. The van der Waals surface area contributed by atoms with E-state index in [1.54, 1.807) is 7.11 Å². The Kier molecular flexibility index (Phi) is 4.08. The largest absolute Gasteiger partial charge is 0.497 e. The van der Waals surface area contributed by atoms with Gasteiger partial charge in [0.05, 0.1) is 12.6 Å². The van der Waals surface area contributed by atoms with Crippen LogP contribution < -0.4 is 9.64 Å². The molecule has 2 aliphatic rings. The maximum Gasteiger partial charge on any atom is 0.121 e. The zero-order chi connectivity index (χ0) is 15.6. The average molecular weight is 311 g/mol. The predicted octanol–water partition coefficient (Wildman–Crippen LogP) is 3.17. The molecule has 0 N–H and O–H groups in total. The van der Waals surface area contributed by atoms with E-state index in [1.165, 1.54) is 56.5 Å². The Morgan fingerprint density at radius 2 is 2.04 bits per heavy atom. The molecule has 0 bridgehead atoms. The highest BCUT2D eigenvalue weighted by molar-refractivity contribution is 5.92. The smallest absolute Gasteiger partial charge is 0.121 e. The average Bonchev–Trinajstić information content (AvgIpc) is 3.26. The molecular formula is C19H25N3O. The number of benzene rings is 1. The van der Waals surface area contributed by atoms with Crippen molar-refractivity contribution in [2.75, 3.05) is 44.7 Å². The van der Waals surface area contributed by atoms with Gasteiger partial charge in [0.25, 0.3) is 0 Å². The molecule has 1 atom stereocenters. The van der Waals surface area contributed by atoms with Crippen LogP contribution in [0.15, 0.2) is 30.5 Å². The minimum Gasteiger partial charge on any atom is -0.497 e. The van der Waals surface area contributed by atoms with Gasteiger partial charge in [-0.3, -0.25) is 4.98 Å². The number of pyridine rings is 1. The van der Waals surface area contributed by atoms with Gasteiger partial charge >= 0.3 is 0 Å². The second-order valence-corrected chi connectivity index (χ2v) is 6.82. The number of ether oxygens (including phenoxy) is 1. The van der Waals surface area contributed by atoms with Crippen molar-refractivity contribution in [2.45, 2.75) is 19.3 Å². The molecule has 0 radical (unpaired) electrons. The monoisotopic (exact) mass is 311 g/mol. The summed E-state index contributed by atoms with van der Waals surface area (Å²) in [5.74, 6) is 1.67. The van der Waals surface area contributed by atoms with E-state index in [2.05, 4.69) is 26.9 Å². The summed E-state index contributed by atoms with van der Waals surface area (Å²) in [5, 5.41) is 1.23. The molecule has 0 amide bonds. The molecular weight excluding hydrogens is 286 g/mol. The van der Waals surface area contributed by atoms with Gasteiger partial charge in [-0.05, 0) is 56.5 Å². The Balaban J connectivity index is 1.53. The van der Waals surface area contributed by atoms with Gasteiger partial charge in [0.2, 0.25) is 0 Å². The van der Waals surface area contributed by atoms with Crippen LogP contribution >= 0.6 is 0 Å². The number of hydrogen-bond acceptors (Lipinski definition) is 4. The van der Waals surface area contributed by atoms with E-state index in [1.807, 2.05) is 18.3 Å². The summed E-state index contributed by atoms with van der Waals surface area (Å²) in [6, 6.07) is 8.36. The summed E-state index contributed by atoms with van der Waals surface area (Å²) < 4.78 is 5.32. The third kappa shape index (κ3) is 3.00. The molecule has 2 aliphatic heterocycles. The van der Waals surface area contributed by atoms with Gasteiger partial charge in [0.1, 0.15) is 5.75 Å². The molecule has 3 heterocycles. The van der Waals surface area contributed by atoms with Gasteiger partial charge in [-0.1, -0.05) is 0 Å². The minimum atomic E-state index is 0.801. The summed E-state index contributed by atoms with van der Waals surface area (Å²) in [7, 11) is 1.70. The Bertz CT molecular complexity index is 681. The van der Waals surface area contributed by atoms with E-state index in [-0.39, 0.29) is 0 Å². The van der Waals surface area contributed by atoms with Crippen LogP contribution in [0.1, 0.15) is 19.3 Å². The van der Waals surface area contributed by atoms with E-state index in [9.17, 15) is 0 Å². The Morgan fingerprint density at radius 3 is 2.87 bits per heavy atom. The molecule has 1 unspecified atom stereocenters. The second-order valence-electron chi connectivity index (χ2n) is 6.82. The minimum absolute atomic E-state index is 0.801.